The van der Waals surface area contributed by atoms with Gasteiger partial charge in [-0.2, -0.15) is 0 Å². The minimum atomic E-state index is -1.79. The molecule has 0 bridgehead atoms. The fraction of sp³-hybridized carbons (Fsp3) is 0.455. The number of carboxylic acid groups (broad SMARTS) is 1. The van der Waals surface area contributed by atoms with Crippen LogP contribution < -0.4 is 0 Å². The summed E-state index contributed by atoms with van der Waals surface area (Å²) >= 11 is 0. The van der Waals surface area contributed by atoms with Gasteiger partial charge in [-0.3, -0.25) is 0 Å². The molecule has 9 heteroatoms. The van der Waals surface area contributed by atoms with Crippen molar-refractivity contribution in [2.24, 2.45) is 0 Å². The van der Waals surface area contributed by atoms with Crippen molar-refractivity contribution in [2.75, 3.05) is 6.61 Å². The van der Waals surface area contributed by atoms with Gasteiger partial charge in [0.25, 0.3) is 0 Å². The number of aromatic carboxylic acids is 1. The molecule has 1 heterocycles. The average molecular weight is 292 g/mol. The lowest BCUT2D eigenvalue weighted by atomic mass is 10.0. The van der Waals surface area contributed by atoms with Gasteiger partial charge in [-0.15, -0.1) is 0 Å². The molecule has 0 spiro atoms. The number of rotatable bonds is 6. The molecule has 0 amide bonds. The Morgan fingerprint density at radius 2 is 1.85 bits per heavy atom. The molecule has 0 aliphatic heterocycles. The van der Waals surface area contributed by atoms with Crippen molar-refractivity contribution in [1.29, 1.82) is 0 Å². The second-order valence-electron chi connectivity index (χ2n) is 3.64. The molecule has 6 N–H and O–H groups in total. The maximum Gasteiger partial charge on any atom is 0.371 e. The van der Waals surface area contributed by atoms with Crippen molar-refractivity contribution in [2.45, 2.75) is 24.4 Å². The van der Waals surface area contributed by atoms with Crippen LogP contribution in [0, 0.1) is 0 Å². The van der Waals surface area contributed by atoms with Crippen LogP contribution in [0.2, 0.25) is 0 Å². The molecule has 1 aromatic heterocycles. The summed E-state index contributed by atoms with van der Waals surface area (Å²) < 4.78 is 4.50. The van der Waals surface area contributed by atoms with Crippen LogP contribution in [0.4, 0.5) is 0 Å². The molecule has 0 aromatic carbocycles. The van der Waals surface area contributed by atoms with Crippen LogP contribution in [0.3, 0.4) is 0 Å². The number of aliphatic hydroxyl groups excluding tert-OH is 5. The van der Waals surface area contributed by atoms with Crippen molar-refractivity contribution in [3.63, 3.8) is 0 Å². The van der Waals surface area contributed by atoms with Gasteiger partial charge in [0.2, 0.25) is 5.76 Å². The lowest BCUT2D eigenvalue weighted by Gasteiger charge is -2.22. The molecule has 0 radical (unpaired) electrons. The lowest BCUT2D eigenvalue weighted by Crippen LogP contribution is -2.46. The van der Waals surface area contributed by atoms with Gasteiger partial charge in [0.1, 0.15) is 24.4 Å². The summed E-state index contributed by atoms with van der Waals surface area (Å²) in [6.45, 7) is -0.760. The van der Waals surface area contributed by atoms with Gasteiger partial charge in [-0.05, 0) is 12.1 Å². The molecule has 0 saturated heterocycles. The molecule has 20 heavy (non-hydrogen) atoms. The fourth-order valence-electron chi connectivity index (χ4n) is 1.02. The van der Waals surface area contributed by atoms with E-state index in [0.717, 1.165) is 0 Å². The number of carbonyl (C=O) groups is 2. The topological polar surface area (TPSA) is 169 Å². The van der Waals surface area contributed by atoms with E-state index in [1.165, 1.54) is 18.4 Å². The Bertz CT molecular complexity index is 389. The minimum absolute atomic E-state index is 0.0231. The Hall–Kier alpha value is -1.78. The van der Waals surface area contributed by atoms with E-state index in [1.807, 2.05) is 0 Å². The van der Waals surface area contributed by atoms with Crippen LogP contribution in [0.5, 0.6) is 0 Å². The first-order valence-corrected chi connectivity index (χ1v) is 5.40. The summed E-state index contributed by atoms with van der Waals surface area (Å²) in [5, 5.41) is 51.7. The molecule has 114 valence electrons. The van der Waals surface area contributed by atoms with Crippen molar-refractivity contribution < 1.29 is 44.6 Å². The molecule has 0 saturated carbocycles. The number of aldehydes is 1. The molecule has 1 rings (SSSR count). The number of hydrogen-bond donors (Lipinski definition) is 6. The van der Waals surface area contributed by atoms with E-state index in [1.54, 1.807) is 0 Å². The van der Waals surface area contributed by atoms with E-state index in [-0.39, 0.29) is 12.0 Å². The van der Waals surface area contributed by atoms with E-state index in [4.69, 9.17) is 30.6 Å². The molecule has 0 aliphatic rings. The maximum absolute atomic E-state index is 9.97. The Kier molecular flexibility index (Phi) is 8.36. The SMILES string of the molecule is O=C(O)c1ccco1.O=CC(O)C(O)C(O)C(O)CO. The molecule has 0 aliphatic carbocycles. The van der Waals surface area contributed by atoms with Crippen molar-refractivity contribution in [3.05, 3.63) is 24.2 Å². The summed E-state index contributed by atoms with van der Waals surface area (Å²) in [7, 11) is 0. The van der Waals surface area contributed by atoms with Gasteiger partial charge < -0.3 is 39.9 Å². The summed E-state index contributed by atoms with van der Waals surface area (Å²) in [5.41, 5.74) is 0. The average Bonchev–Trinajstić information content (AvgIpc) is 2.99. The third kappa shape index (κ3) is 5.91. The van der Waals surface area contributed by atoms with Crippen molar-refractivity contribution in [1.82, 2.24) is 0 Å². The second-order valence-corrected chi connectivity index (χ2v) is 3.64. The highest BCUT2D eigenvalue weighted by Gasteiger charge is 2.29. The van der Waals surface area contributed by atoms with E-state index in [2.05, 4.69) is 4.42 Å². The first kappa shape index (κ1) is 18.2. The second kappa shape index (κ2) is 9.18. The van der Waals surface area contributed by atoms with Crippen LogP contribution >= 0.6 is 0 Å². The predicted molar refractivity (Wildman–Crippen MR) is 62.8 cm³/mol. The van der Waals surface area contributed by atoms with Crippen LogP contribution in [-0.4, -0.2) is 73.9 Å². The van der Waals surface area contributed by atoms with Gasteiger partial charge in [-0.25, -0.2) is 4.79 Å². The third-order valence-corrected chi connectivity index (χ3v) is 2.15. The van der Waals surface area contributed by atoms with Gasteiger partial charge in [0.15, 0.2) is 6.29 Å². The molecule has 9 nitrogen and oxygen atoms in total. The number of aliphatic hydroxyl groups is 5. The highest BCUT2D eigenvalue weighted by molar-refractivity contribution is 5.84. The smallest absolute Gasteiger partial charge is 0.371 e. The number of hydrogen-bond acceptors (Lipinski definition) is 8. The third-order valence-electron chi connectivity index (χ3n) is 2.15. The normalized spacial score (nSPS) is 16.2. The quantitative estimate of drug-likeness (QED) is 0.313. The molecule has 4 atom stereocenters. The predicted octanol–water partition coefficient (Wildman–Crippen LogP) is -2.40. The summed E-state index contributed by atoms with van der Waals surface area (Å²) in [5.74, 6) is -1.06. The number of carboxylic acids is 1. The van der Waals surface area contributed by atoms with Crippen LogP contribution in [0.15, 0.2) is 22.8 Å². The molecular weight excluding hydrogens is 276 g/mol. The minimum Gasteiger partial charge on any atom is -0.475 e. The standard InChI is InChI=1S/C6H12O6.C5H4O3/c7-1-3(9)5(11)6(12)4(10)2-8;6-5(7)4-2-1-3-8-4/h1,3-6,8-12H,2H2;1-3H,(H,6,7). The van der Waals surface area contributed by atoms with E-state index < -0.39 is 37.0 Å². The molecule has 4 unspecified atom stereocenters. The zero-order valence-corrected chi connectivity index (χ0v) is 10.2. The summed E-state index contributed by atoms with van der Waals surface area (Å²) in [4.78, 5) is 19.9. The largest absolute Gasteiger partial charge is 0.475 e. The zero-order chi connectivity index (χ0) is 15.7. The molecular formula is C11H16O9. The van der Waals surface area contributed by atoms with Crippen LogP contribution in [0.25, 0.3) is 0 Å². The van der Waals surface area contributed by atoms with E-state index in [0.29, 0.717) is 0 Å². The Morgan fingerprint density at radius 1 is 1.25 bits per heavy atom. The van der Waals surface area contributed by atoms with Crippen LogP contribution in [0.1, 0.15) is 10.6 Å². The zero-order valence-electron chi connectivity index (χ0n) is 10.2. The molecule has 0 fully saturated rings. The summed E-state index contributed by atoms with van der Waals surface area (Å²) in [6.07, 6.45) is -5.52. The first-order valence-electron chi connectivity index (χ1n) is 5.40. The van der Waals surface area contributed by atoms with Gasteiger partial charge in [-0.1, -0.05) is 0 Å². The number of furan rings is 1. The Morgan fingerprint density at radius 3 is 2.15 bits per heavy atom. The van der Waals surface area contributed by atoms with Crippen molar-refractivity contribution >= 4 is 12.3 Å². The Balaban J connectivity index is 0.000000388. The van der Waals surface area contributed by atoms with Crippen molar-refractivity contribution in [3.8, 4) is 0 Å². The lowest BCUT2D eigenvalue weighted by molar-refractivity contribution is -0.136. The van der Waals surface area contributed by atoms with Gasteiger partial charge in [0.05, 0.1) is 12.9 Å². The van der Waals surface area contributed by atoms with Gasteiger partial charge >= 0.3 is 5.97 Å². The summed E-state index contributed by atoms with van der Waals surface area (Å²) in [6, 6.07) is 2.92. The van der Waals surface area contributed by atoms with Gasteiger partial charge in [0, 0.05) is 0 Å². The van der Waals surface area contributed by atoms with E-state index in [9.17, 15) is 9.59 Å². The maximum atomic E-state index is 9.97. The van der Waals surface area contributed by atoms with E-state index >= 15 is 0 Å². The fourth-order valence-corrected chi connectivity index (χ4v) is 1.02. The first-order chi connectivity index (χ1) is 9.34. The monoisotopic (exact) mass is 292 g/mol. The number of carbonyl (C=O) groups excluding carboxylic acids is 1. The highest BCUT2D eigenvalue weighted by atomic mass is 16.4. The Labute approximate surface area is 113 Å². The molecule has 1 aromatic rings. The van der Waals surface area contributed by atoms with Crippen LogP contribution in [-0.2, 0) is 4.79 Å². The highest BCUT2D eigenvalue weighted by Crippen LogP contribution is 2.03.